The highest BCUT2D eigenvalue weighted by atomic mass is 19.1. The summed E-state index contributed by atoms with van der Waals surface area (Å²) in [5, 5.41) is 11.8. The van der Waals surface area contributed by atoms with Gasteiger partial charge in [0, 0.05) is 12.0 Å². The first-order chi connectivity index (χ1) is 8.53. The van der Waals surface area contributed by atoms with Crippen molar-refractivity contribution >= 4 is 11.9 Å². The van der Waals surface area contributed by atoms with Gasteiger partial charge in [0.1, 0.15) is 6.17 Å². The molecule has 5 atom stereocenters. The van der Waals surface area contributed by atoms with Gasteiger partial charge < -0.3 is 10.4 Å². The molecular formula is C13H16FNO3. The first kappa shape index (κ1) is 11.7. The fourth-order valence-electron chi connectivity index (χ4n) is 3.23. The van der Waals surface area contributed by atoms with Crippen LogP contribution in [0.2, 0.25) is 0 Å². The van der Waals surface area contributed by atoms with Crippen molar-refractivity contribution in [3.05, 3.63) is 12.2 Å². The van der Waals surface area contributed by atoms with Gasteiger partial charge in [0.25, 0.3) is 0 Å². The summed E-state index contributed by atoms with van der Waals surface area (Å²) in [6.07, 6.45) is 4.76. The van der Waals surface area contributed by atoms with E-state index in [1.165, 1.54) is 0 Å². The van der Waals surface area contributed by atoms with Crippen LogP contribution >= 0.6 is 0 Å². The monoisotopic (exact) mass is 253 g/mol. The molecule has 1 amide bonds. The SMILES string of the molecule is O=C(O)[C@@H]1CC=C[C@@H](NC(=O)[C@@]23C[C@@H](F)[C@@H]2C3)C1. The maximum atomic E-state index is 13.0. The number of carboxylic acids is 1. The van der Waals surface area contributed by atoms with Crippen LogP contribution in [-0.2, 0) is 9.59 Å². The highest BCUT2D eigenvalue weighted by Crippen LogP contribution is 2.68. The van der Waals surface area contributed by atoms with E-state index in [0.29, 0.717) is 25.7 Å². The number of hydrogen-bond acceptors (Lipinski definition) is 2. The molecule has 0 unspecified atom stereocenters. The maximum Gasteiger partial charge on any atom is 0.306 e. The minimum Gasteiger partial charge on any atom is -0.481 e. The van der Waals surface area contributed by atoms with E-state index in [1.54, 1.807) is 6.08 Å². The molecule has 0 aromatic rings. The zero-order valence-corrected chi connectivity index (χ0v) is 9.93. The van der Waals surface area contributed by atoms with E-state index >= 15 is 0 Å². The lowest BCUT2D eigenvalue weighted by Gasteiger charge is -2.31. The molecule has 0 aromatic carbocycles. The van der Waals surface area contributed by atoms with E-state index in [9.17, 15) is 14.0 Å². The van der Waals surface area contributed by atoms with E-state index in [-0.39, 0.29) is 17.9 Å². The van der Waals surface area contributed by atoms with Crippen LogP contribution in [-0.4, -0.2) is 29.2 Å². The van der Waals surface area contributed by atoms with Crippen molar-refractivity contribution in [2.45, 2.75) is 37.9 Å². The molecule has 3 rings (SSSR count). The van der Waals surface area contributed by atoms with Crippen LogP contribution < -0.4 is 5.32 Å². The van der Waals surface area contributed by atoms with Crippen molar-refractivity contribution in [2.75, 3.05) is 0 Å². The van der Waals surface area contributed by atoms with E-state index < -0.39 is 23.5 Å². The summed E-state index contributed by atoms with van der Waals surface area (Å²) in [5.41, 5.74) is -0.455. The Kier molecular flexibility index (Phi) is 2.47. The van der Waals surface area contributed by atoms with Gasteiger partial charge in [0.05, 0.1) is 11.3 Å². The van der Waals surface area contributed by atoms with Crippen molar-refractivity contribution in [1.82, 2.24) is 5.32 Å². The molecule has 0 spiro atoms. The third-order valence-electron chi connectivity index (χ3n) is 4.58. The first-order valence-corrected chi connectivity index (χ1v) is 6.37. The standard InChI is InChI=1S/C13H16FNO3/c14-10-6-13(5-9(10)13)12(18)15-8-3-1-2-7(4-8)11(16)17/h1,3,7-10H,2,4-6H2,(H,15,18)(H,16,17)/t7-,8-,9+,10-,13+/m1/s1. The normalized spacial score (nSPS) is 44.7. The molecule has 0 aromatic heterocycles. The van der Waals surface area contributed by atoms with Crippen LogP contribution in [0.15, 0.2) is 12.2 Å². The highest BCUT2D eigenvalue weighted by molar-refractivity contribution is 5.88. The summed E-state index contributed by atoms with van der Waals surface area (Å²) in [7, 11) is 0. The molecule has 2 saturated carbocycles. The predicted molar refractivity (Wildman–Crippen MR) is 61.5 cm³/mol. The van der Waals surface area contributed by atoms with Gasteiger partial charge in [-0.15, -0.1) is 0 Å². The second kappa shape index (κ2) is 3.80. The van der Waals surface area contributed by atoms with Gasteiger partial charge in [0.2, 0.25) is 5.91 Å². The van der Waals surface area contributed by atoms with Crippen molar-refractivity contribution in [3.63, 3.8) is 0 Å². The zero-order chi connectivity index (χ0) is 12.9. The molecule has 98 valence electrons. The quantitative estimate of drug-likeness (QED) is 0.744. The van der Waals surface area contributed by atoms with Gasteiger partial charge in [-0.05, 0) is 25.7 Å². The van der Waals surface area contributed by atoms with Gasteiger partial charge in [-0.1, -0.05) is 12.2 Å². The Morgan fingerprint density at radius 3 is 2.72 bits per heavy atom. The number of aliphatic carboxylic acids is 1. The first-order valence-electron chi connectivity index (χ1n) is 6.37. The summed E-state index contributed by atoms with van der Waals surface area (Å²) in [4.78, 5) is 22.9. The van der Waals surface area contributed by atoms with Crippen LogP contribution in [0.4, 0.5) is 4.39 Å². The number of carbonyl (C=O) groups is 2. The molecule has 18 heavy (non-hydrogen) atoms. The van der Waals surface area contributed by atoms with Crippen LogP contribution in [0.25, 0.3) is 0 Å². The molecule has 2 N–H and O–H groups in total. The van der Waals surface area contributed by atoms with Gasteiger partial charge in [0.15, 0.2) is 0 Å². The van der Waals surface area contributed by atoms with Gasteiger partial charge in [-0.3, -0.25) is 9.59 Å². The Morgan fingerprint density at radius 2 is 2.17 bits per heavy atom. The summed E-state index contributed by atoms with van der Waals surface area (Å²) < 4.78 is 13.0. The maximum absolute atomic E-state index is 13.0. The van der Waals surface area contributed by atoms with Crippen molar-refractivity contribution in [1.29, 1.82) is 0 Å². The lowest BCUT2D eigenvalue weighted by Crippen LogP contribution is -2.46. The van der Waals surface area contributed by atoms with Crippen LogP contribution in [0.1, 0.15) is 25.7 Å². The molecule has 5 heteroatoms. The summed E-state index contributed by atoms with van der Waals surface area (Å²) in [6, 6.07) is -0.221. The van der Waals surface area contributed by atoms with Gasteiger partial charge >= 0.3 is 5.97 Å². The lowest BCUT2D eigenvalue weighted by molar-refractivity contribution is -0.142. The lowest BCUT2D eigenvalue weighted by atomic mass is 9.81. The third kappa shape index (κ3) is 1.64. The molecule has 0 bridgehead atoms. The fraction of sp³-hybridized carbons (Fsp3) is 0.692. The number of alkyl halides is 1. The van der Waals surface area contributed by atoms with Crippen LogP contribution in [0.3, 0.4) is 0 Å². The molecule has 0 radical (unpaired) electrons. The number of carboxylic acid groups (broad SMARTS) is 1. The Labute approximate surface area is 104 Å². The van der Waals surface area contributed by atoms with E-state index in [4.69, 9.17) is 5.11 Å². The summed E-state index contributed by atoms with van der Waals surface area (Å²) in [6.45, 7) is 0. The minimum atomic E-state index is -0.825. The Balaban J connectivity index is 1.58. The summed E-state index contributed by atoms with van der Waals surface area (Å²) >= 11 is 0. The second-order valence-electron chi connectivity index (χ2n) is 5.70. The number of rotatable bonds is 3. The molecule has 3 aliphatic carbocycles. The molecular weight excluding hydrogens is 237 g/mol. The fourth-order valence-corrected chi connectivity index (χ4v) is 3.23. The topological polar surface area (TPSA) is 66.4 Å². The van der Waals surface area contributed by atoms with E-state index in [1.807, 2.05) is 6.08 Å². The molecule has 0 heterocycles. The number of amides is 1. The summed E-state index contributed by atoms with van der Waals surface area (Å²) in [5.74, 6) is -1.43. The van der Waals surface area contributed by atoms with E-state index in [2.05, 4.69) is 5.32 Å². The van der Waals surface area contributed by atoms with Crippen molar-refractivity contribution in [3.8, 4) is 0 Å². The van der Waals surface area contributed by atoms with Gasteiger partial charge in [-0.2, -0.15) is 0 Å². The average Bonchev–Trinajstić information content (AvgIpc) is 2.96. The average molecular weight is 253 g/mol. The molecule has 4 nitrogen and oxygen atoms in total. The van der Waals surface area contributed by atoms with Crippen molar-refractivity contribution in [2.24, 2.45) is 17.3 Å². The largest absolute Gasteiger partial charge is 0.481 e. The van der Waals surface area contributed by atoms with Gasteiger partial charge in [-0.25, -0.2) is 4.39 Å². The number of halogens is 1. The van der Waals surface area contributed by atoms with Crippen LogP contribution in [0, 0.1) is 17.3 Å². The second-order valence-corrected chi connectivity index (χ2v) is 5.70. The number of nitrogens with one attached hydrogen (secondary N) is 1. The number of fused-ring (bicyclic) bond motifs is 1. The Morgan fingerprint density at radius 1 is 1.39 bits per heavy atom. The molecule has 0 aliphatic heterocycles. The van der Waals surface area contributed by atoms with Crippen LogP contribution in [0.5, 0.6) is 0 Å². The highest BCUT2D eigenvalue weighted by Gasteiger charge is 2.72. The molecule has 3 aliphatic rings. The number of carbonyl (C=O) groups excluding carboxylic acids is 1. The minimum absolute atomic E-state index is 0.0830. The Hall–Kier alpha value is -1.39. The van der Waals surface area contributed by atoms with E-state index in [0.717, 1.165) is 0 Å². The third-order valence-corrected chi connectivity index (χ3v) is 4.58. The predicted octanol–water partition coefficient (Wildman–Crippen LogP) is 1.27. The molecule has 0 saturated heterocycles. The Bertz CT molecular complexity index is 436. The number of allylic oxidation sites excluding steroid dienone is 1. The van der Waals surface area contributed by atoms with Crippen molar-refractivity contribution < 1.29 is 19.1 Å². The zero-order valence-electron chi connectivity index (χ0n) is 9.93. The number of hydrogen-bond donors (Lipinski definition) is 2. The molecule has 2 fully saturated rings. The smallest absolute Gasteiger partial charge is 0.306 e.